The summed E-state index contributed by atoms with van der Waals surface area (Å²) in [5.41, 5.74) is 0.989. The normalized spacial score (nSPS) is 20.1. The summed E-state index contributed by atoms with van der Waals surface area (Å²) in [6.45, 7) is 3.97. The van der Waals surface area contributed by atoms with Crippen molar-refractivity contribution in [2.75, 3.05) is 19.7 Å². The highest BCUT2D eigenvalue weighted by Gasteiger charge is 2.32. The zero-order chi connectivity index (χ0) is 13.7. The van der Waals surface area contributed by atoms with E-state index in [1.54, 1.807) is 19.5 Å². The van der Waals surface area contributed by atoms with Crippen molar-refractivity contribution in [3.63, 3.8) is 0 Å². The third kappa shape index (κ3) is 3.57. The Labute approximate surface area is 111 Å². The number of rotatable bonds is 5. The Balaban J connectivity index is 2.01. The molecule has 0 spiro atoms. The van der Waals surface area contributed by atoms with Crippen molar-refractivity contribution in [3.05, 3.63) is 24.2 Å². The van der Waals surface area contributed by atoms with Crippen LogP contribution in [-0.2, 0) is 20.9 Å². The number of amides is 1. The van der Waals surface area contributed by atoms with Gasteiger partial charge in [-0.2, -0.15) is 0 Å². The Morgan fingerprint density at radius 1 is 1.63 bits per heavy atom. The number of esters is 1. The van der Waals surface area contributed by atoms with Crippen LogP contribution in [0.2, 0.25) is 0 Å². The molecule has 1 aromatic rings. The lowest BCUT2D eigenvalue weighted by Crippen LogP contribution is -2.55. The summed E-state index contributed by atoms with van der Waals surface area (Å²) in [4.78, 5) is 25.4. The molecule has 19 heavy (non-hydrogen) atoms. The summed E-state index contributed by atoms with van der Waals surface area (Å²) in [6, 6.07) is 1.39. The molecule has 0 bridgehead atoms. The number of nitrogens with one attached hydrogen (secondary N) is 1. The van der Waals surface area contributed by atoms with Crippen LogP contribution in [-0.4, -0.2) is 42.5 Å². The van der Waals surface area contributed by atoms with Gasteiger partial charge in [0.2, 0.25) is 5.91 Å². The van der Waals surface area contributed by atoms with Crippen LogP contribution in [0.4, 0.5) is 0 Å². The molecule has 0 radical (unpaired) electrons. The monoisotopic (exact) mass is 266 g/mol. The maximum Gasteiger partial charge on any atom is 0.307 e. The number of piperazine rings is 1. The first kappa shape index (κ1) is 13.6. The van der Waals surface area contributed by atoms with Crippen LogP contribution >= 0.6 is 0 Å². The molecule has 6 nitrogen and oxygen atoms in total. The number of furan rings is 1. The number of hydrogen-bond donors (Lipinski definition) is 1. The van der Waals surface area contributed by atoms with Crippen molar-refractivity contribution in [1.82, 2.24) is 10.2 Å². The number of ether oxygens (including phenoxy) is 1. The van der Waals surface area contributed by atoms with Gasteiger partial charge in [-0.15, -0.1) is 0 Å². The molecule has 1 amide bonds. The van der Waals surface area contributed by atoms with Crippen molar-refractivity contribution in [2.24, 2.45) is 0 Å². The highest BCUT2D eigenvalue weighted by molar-refractivity contribution is 5.87. The summed E-state index contributed by atoms with van der Waals surface area (Å²) in [7, 11) is 0. The highest BCUT2D eigenvalue weighted by atomic mass is 16.5. The second-order valence-corrected chi connectivity index (χ2v) is 4.42. The van der Waals surface area contributed by atoms with E-state index in [-0.39, 0.29) is 18.3 Å². The van der Waals surface area contributed by atoms with E-state index in [0.717, 1.165) is 5.56 Å². The van der Waals surface area contributed by atoms with Crippen LogP contribution < -0.4 is 5.32 Å². The van der Waals surface area contributed by atoms with Gasteiger partial charge < -0.3 is 14.5 Å². The SMILES string of the molecule is CCOC(=O)CC1C(=O)NCCN1Cc1ccoc1. The van der Waals surface area contributed by atoms with Gasteiger partial charge in [-0.3, -0.25) is 14.5 Å². The lowest BCUT2D eigenvalue weighted by molar-refractivity contribution is -0.148. The molecule has 1 fully saturated rings. The molecular formula is C13H18N2O4. The van der Waals surface area contributed by atoms with Gasteiger partial charge in [0.1, 0.15) is 6.04 Å². The van der Waals surface area contributed by atoms with Crippen LogP contribution in [0.15, 0.2) is 23.0 Å². The molecule has 0 aliphatic carbocycles. The van der Waals surface area contributed by atoms with Crippen LogP contribution in [0.5, 0.6) is 0 Å². The minimum absolute atomic E-state index is 0.0809. The summed E-state index contributed by atoms with van der Waals surface area (Å²) >= 11 is 0. The van der Waals surface area contributed by atoms with E-state index in [1.165, 1.54) is 0 Å². The molecule has 2 heterocycles. The van der Waals surface area contributed by atoms with Crippen molar-refractivity contribution < 1.29 is 18.7 Å². The third-order valence-corrected chi connectivity index (χ3v) is 3.07. The van der Waals surface area contributed by atoms with Crippen molar-refractivity contribution in [2.45, 2.75) is 25.9 Å². The lowest BCUT2D eigenvalue weighted by atomic mass is 10.1. The molecule has 1 aliphatic heterocycles. The van der Waals surface area contributed by atoms with E-state index in [9.17, 15) is 9.59 Å². The average molecular weight is 266 g/mol. The number of nitrogens with zero attached hydrogens (tertiary/aromatic N) is 1. The van der Waals surface area contributed by atoms with Gasteiger partial charge in [0.25, 0.3) is 0 Å². The fourth-order valence-electron chi connectivity index (χ4n) is 2.17. The molecule has 1 aliphatic rings. The first-order chi connectivity index (χ1) is 9.20. The number of hydrogen-bond acceptors (Lipinski definition) is 5. The lowest BCUT2D eigenvalue weighted by Gasteiger charge is -2.34. The summed E-state index contributed by atoms with van der Waals surface area (Å²) < 4.78 is 9.93. The maximum atomic E-state index is 11.9. The molecule has 2 rings (SSSR count). The molecule has 0 aromatic carbocycles. The zero-order valence-electron chi connectivity index (χ0n) is 10.9. The van der Waals surface area contributed by atoms with Crippen LogP contribution in [0.3, 0.4) is 0 Å². The number of carbonyl (C=O) groups is 2. The zero-order valence-corrected chi connectivity index (χ0v) is 10.9. The fourth-order valence-corrected chi connectivity index (χ4v) is 2.17. The second kappa shape index (κ2) is 6.38. The van der Waals surface area contributed by atoms with Crippen LogP contribution in [0.1, 0.15) is 18.9 Å². The molecule has 104 valence electrons. The predicted molar refractivity (Wildman–Crippen MR) is 67.2 cm³/mol. The molecule has 0 saturated carbocycles. The Kier molecular flexibility index (Phi) is 4.57. The van der Waals surface area contributed by atoms with Gasteiger partial charge in [0.05, 0.1) is 25.6 Å². The van der Waals surface area contributed by atoms with Gasteiger partial charge in [-0.25, -0.2) is 0 Å². The Morgan fingerprint density at radius 3 is 3.16 bits per heavy atom. The second-order valence-electron chi connectivity index (χ2n) is 4.42. The molecular weight excluding hydrogens is 248 g/mol. The quantitative estimate of drug-likeness (QED) is 0.787. The van der Waals surface area contributed by atoms with E-state index in [4.69, 9.17) is 9.15 Å². The smallest absolute Gasteiger partial charge is 0.307 e. The molecule has 1 atom stereocenters. The standard InChI is InChI=1S/C13H18N2O4/c1-2-19-12(16)7-11-13(17)14-4-5-15(11)8-10-3-6-18-9-10/h3,6,9,11H,2,4-5,7-8H2,1H3,(H,14,17). The first-order valence-corrected chi connectivity index (χ1v) is 6.39. The number of carbonyl (C=O) groups excluding carboxylic acids is 2. The maximum absolute atomic E-state index is 11.9. The summed E-state index contributed by atoms with van der Waals surface area (Å²) in [5, 5.41) is 2.78. The van der Waals surface area contributed by atoms with E-state index in [2.05, 4.69) is 5.32 Å². The largest absolute Gasteiger partial charge is 0.472 e. The molecule has 6 heteroatoms. The highest BCUT2D eigenvalue weighted by Crippen LogP contribution is 2.14. The Bertz CT molecular complexity index is 430. The molecule has 1 saturated heterocycles. The van der Waals surface area contributed by atoms with Gasteiger partial charge in [-0.05, 0) is 13.0 Å². The Morgan fingerprint density at radius 2 is 2.47 bits per heavy atom. The first-order valence-electron chi connectivity index (χ1n) is 6.39. The molecule has 1 aromatic heterocycles. The minimum Gasteiger partial charge on any atom is -0.472 e. The molecule has 1 N–H and O–H groups in total. The van der Waals surface area contributed by atoms with Crippen molar-refractivity contribution in [3.8, 4) is 0 Å². The fraction of sp³-hybridized carbons (Fsp3) is 0.538. The topological polar surface area (TPSA) is 71.8 Å². The third-order valence-electron chi connectivity index (χ3n) is 3.07. The van der Waals surface area contributed by atoms with Gasteiger partial charge in [0, 0.05) is 25.2 Å². The van der Waals surface area contributed by atoms with E-state index < -0.39 is 6.04 Å². The van der Waals surface area contributed by atoms with Gasteiger partial charge >= 0.3 is 5.97 Å². The Hall–Kier alpha value is -1.82. The van der Waals surface area contributed by atoms with E-state index in [0.29, 0.717) is 26.2 Å². The average Bonchev–Trinajstić information content (AvgIpc) is 2.87. The minimum atomic E-state index is -0.470. The molecule has 1 unspecified atom stereocenters. The summed E-state index contributed by atoms with van der Waals surface area (Å²) in [6.07, 6.45) is 3.32. The van der Waals surface area contributed by atoms with Gasteiger partial charge in [0.15, 0.2) is 0 Å². The predicted octanol–water partition coefficient (Wildman–Crippen LogP) is 0.533. The van der Waals surface area contributed by atoms with Crippen LogP contribution in [0, 0.1) is 0 Å². The summed E-state index contributed by atoms with van der Waals surface area (Å²) in [5.74, 6) is -0.468. The van der Waals surface area contributed by atoms with Crippen LogP contribution in [0.25, 0.3) is 0 Å². The van der Waals surface area contributed by atoms with E-state index >= 15 is 0 Å². The van der Waals surface area contributed by atoms with Crippen molar-refractivity contribution >= 4 is 11.9 Å². The van der Waals surface area contributed by atoms with E-state index in [1.807, 2.05) is 11.0 Å². The van der Waals surface area contributed by atoms with Gasteiger partial charge in [-0.1, -0.05) is 0 Å². The van der Waals surface area contributed by atoms with Crippen molar-refractivity contribution in [1.29, 1.82) is 0 Å².